The van der Waals surface area contributed by atoms with Crippen molar-refractivity contribution in [1.82, 2.24) is 0 Å². The van der Waals surface area contributed by atoms with Gasteiger partial charge in [-0.2, -0.15) is 0 Å². The summed E-state index contributed by atoms with van der Waals surface area (Å²) >= 11 is 0. The van der Waals surface area contributed by atoms with E-state index >= 15 is 0 Å². The van der Waals surface area contributed by atoms with Crippen LogP contribution in [-0.2, 0) is 0 Å². The lowest BCUT2D eigenvalue weighted by Crippen LogP contribution is -2.46. The third-order valence-electron chi connectivity index (χ3n) is 11.5. The monoisotopic (exact) mass is 306 g/mol. The molecule has 8 bridgehead atoms. The van der Waals surface area contributed by atoms with Crippen LogP contribution < -0.4 is 0 Å². The third-order valence-corrected chi connectivity index (χ3v) is 11.5. The maximum Gasteiger partial charge on any atom is -0.0194 e. The molecule has 14 unspecified atom stereocenters. The van der Waals surface area contributed by atoms with Crippen LogP contribution in [0.3, 0.4) is 0 Å². The Morgan fingerprint density at radius 3 is 1.78 bits per heavy atom. The number of hydrogen-bond acceptors (Lipinski definition) is 0. The van der Waals surface area contributed by atoms with E-state index in [0.29, 0.717) is 0 Å². The first-order valence-electron chi connectivity index (χ1n) is 11.0. The summed E-state index contributed by atoms with van der Waals surface area (Å²) in [6, 6.07) is 0. The molecule has 8 rings (SSSR count). The van der Waals surface area contributed by atoms with Gasteiger partial charge in [-0.25, -0.2) is 0 Å². The Morgan fingerprint density at radius 2 is 1.09 bits per heavy atom. The van der Waals surface area contributed by atoms with Crippen molar-refractivity contribution in [3.8, 4) is 0 Å². The van der Waals surface area contributed by atoms with Crippen molar-refractivity contribution in [3.63, 3.8) is 0 Å². The summed E-state index contributed by atoms with van der Waals surface area (Å²) in [6.07, 6.45) is 13.5. The number of allylic oxidation sites excluding steroid dienone is 2. The largest absolute Gasteiger partial charge is 0.0848 e. The average molecular weight is 306 g/mol. The van der Waals surface area contributed by atoms with E-state index in [1.807, 2.05) is 0 Å². The van der Waals surface area contributed by atoms with Crippen LogP contribution in [0, 0.1) is 88.8 Å². The first kappa shape index (κ1) is 12.2. The standard InChI is InChI=1S/C23H30/c1-9-4-12-6-13(9)21-17-8-16(20(12)21)22-14-7-15(23(17)22)19-11-3-2-10(5-11)18(14)19/h2-3,9-23H,4-8H2,1H3/t9-,10?,11?,12?,13?,14?,15?,16?,17?,18?,19?,20?,21?,22?,23?/m1/s1. The summed E-state index contributed by atoms with van der Waals surface area (Å²) < 4.78 is 0. The zero-order valence-electron chi connectivity index (χ0n) is 14.4. The lowest BCUT2D eigenvalue weighted by Gasteiger charge is -2.50. The molecule has 0 heteroatoms. The highest BCUT2D eigenvalue weighted by Crippen LogP contribution is 2.81. The van der Waals surface area contributed by atoms with Crippen molar-refractivity contribution in [2.75, 3.05) is 0 Å². The van der Waals surface area contributed by atoms with Gasteiger partial charge in [-0.1, -0.05) is 19.1 Å². The molecular weight excluding hydrogens is 276 g/mol. The lowest BCUT2D eigenvalue weighted by atomic mass is 9.54. The van der Waals surface area contributed by atoms with Crippen molar-refractivity contribution in [1.29, 1.82) is 0 Å². The van der Waals surface area contributed by atoms with Crippen molar-refractivity contribution in [2.24, 2.45) is 88.8 Å². The Bertz CT molecular complexity index is 632. The molecule has 0 amide bonds. The quantitative estimate of drug-likeness (QED) is 0.443. The van der Waals surface area contributed by atoms with Gasteiger partial charge in [0.05, 0.1) is 0 Å². The van der Waals surface area contributed by atoms with Crippen LogP contribution in [0.25, 0.3) is 0 Å². The van der Waals surface area contributed by atoms with E-state index < -0.39 is 0 Å². The van der Waals surface area contributed by atoms with Crippen molar-refractivity contribution < 1.29 is 0 Å². The first-order chi connectivity index (χ1) is 11.3. The van der Waals surface area contributed by atoms with E-state index in [4.69, 9.17) is 0 Å². The van der Waals surface area contributed by atoms with Gasteiger partial charge in [0.1, 0.15) is 0 Å². The van der Waals surface area contributed by atoms with Gasteiger partial charge in [0.25, 0.3) is 0 Å². The summed E-state index contributed by atoms with van der Waals surface area (Å²) in [5.41, 5.74) is 0. The second kappa shape index (κ2) is 3.49. The van der Waals surface area contributed by atoms with E-state index in [9.17, 15) is 0 Å². The van der Waals surface area contributed by atoms with Crippen LogP contribution in [0.1, 0.15) is 39.0 Å². The molecule has 0 aromatic carbocycles. The van der Waals surface area contributed by atoms with Gasteiger partial charge in [-0.3, -0.25) is 0 Å². The fourth-order valence-electron chi connectivity index (χ4n) is 11.8. The first-order valence-corrected chi connectivity index (χ1v) is 11.0. The van der Waals surface area contributed by atoms with E-state index in [0.717, 1.165) is 35.5 Å². The Kier molecular flexibility index (Phi) is 1.85. The van der Waals surface area contributed by atoms with Gasteiger partial charge in [0.2, 0.25) is 0 Å². The molecule has 7 fully saturated rings. The number of rotatable bonds is 0. The zero-order valence-corrected chi connectivity index (χ0v) is 14.4. The van der Waals surface area contributed by atoms with Gasteiger partial charge in [-0.05, 0) is 121 Å². The summed E-state index contributed by atoms with van der Waals surface area (Å²) in [5.74, 6) is 17.4. The Balaban J connectivity index is 1.24. The highest BCUT2D eigenvalue weighted by molar-refractivity contribution is 5.27. The molecule has 23 heavy (non-hydrogen) atoms. The van der Waals surface area contributed by atoms with E-state index in [-0.39, 0.29) is 0 Å². The smallest absolute Gasteiger partial charge is 0.0194 e. The third kappa shape index (κ3) is 1.08. The van der Waals surface area contributed by atoms with E-state index in [2.05, 4.69) is 19.1 Å². The number of fused-ring (bicyclic) bond motifs is 23. The molecule has 7 saturated carbocycles. The normalized spacial score (nSPS) is 77.2. The minimum Gasteiger partial charge on any atom is -0.0848 e. The Hall–Kier alpha value is -0.260. The summed E-state index contributed by atoms with van der Waals surface area (Å²) in [4.78, 5) is 0. The van der Waals surface area contributed by atoms with Crippen molar-refractivity contribution >= 4 is 0 Å². The predicted octanol–water partition coefficient (Wildman–Crippen LogP) is 4.86. The Morgan fingerprint density at radius 1 is 0.522 bits per heavy atom. The molecular formula is C23H30. The second-order valence-electron chi connectivity index (χ2n) is 11.4. The number of hydrogen-bond donors (Lipinski definition) is 0. The highest BCUT2D eigenvalue weighted by atomic mass is 14.8. The van der Waals surface area contributed by atoms with Crippen LogP contribution in [0.2, 0.25) is 0 Å². The molecule has 0 nitrogen and oxygen atoms in total. The van der Waals surface area contributed by atoms with Crippen LogP contribution in [0.5, 0.6) is 0 Å². The molecule has 0 heterocycles. The van der Waals surface area contributed by atoms with Gasteiger partial charge in [0, 0.05) is 0 Å². The summed E-state index contributed by atoms with van der Waals surface area (Å²) in [5, 5.41) is 0. The molecule has 8 aliphatic rings. The molecule has 15 atom stereocenters. The molecule has 0 radical (unpaired) electrons. The van der Waals surface area contributed by atoms with Crippen LogP contribution in [0.4, 0.5) is 0 Å². The van der Waals surface area contributed by atoms with Gasteiger partial charge >= 0.3 is 0 Å². The van der Waals surface area contributed by atoms with E-state index in [1.54, 1.807) is 32.1 Å². The average Bonchev–Trinajstić information content (AvgIpc) is 3.34. The molecule has 0 aromatic rings. The molecule has 0 aromatic heterocycles. The van der Waals surface area contributed by atoms with Gasteiger partial charge in [-0.15, -0.1) is 0 Å². The fourth-order valence-corrected chi connectivity index (χ4v) is 11.8. The van der Waals surface area contributed by atoms with Crippen molar-refractivity contribution in [3.05, 3.63) is 12.2 Å². The molecule has 8 aliphatic carbocycles. The van der Waals surface area contributed by atoms with E-state index in [1.165, 1.54) is 53.3 Å². The molecule has 0 aliphatic heterocycles. The maximum atomic E-state index is 2.65. The maximum absolute atomic E-state index is 2.65. The molecule has 0 spiro atoms. The molecule has 0 saturated heterocycles. The topological polar surface area (TPSA) is 0 Å². The zero-order chi connectivity index (χ0) is 14.6. The highest BCUT2D eigenvalue weighted by Gasteiger charge is 2.75. The predicted molar refractivity (Wildman–Crippen MR) is 90.2 cm³/mol. The second-order valence-corrected chi connectivity index (χ2v) is 11.4. The Labute approximate surface area is 140 Å². The van der Waals surface area contributed by atoms with Crippen LogP contribution >= 0.6 is 0 Å². The molecule has 0 N–H and O–H groups in total. The summed E-state index contributed by atoms with van der Waals surface area (Å²) in [7, 11) is 0. The SMILES string of the molecule is C[C@@H]1CC2CC1C1C3CC(C21)C1C2CC(C4C5C=CC(C5)C24)C31. The van der Waals surface area contributed by atoms with Crippen molar-refractivity contribution in [2.45, 2.75) is 39.0 Å². The minimum absolute atomic E-state index is 1.02. The molecule has 122 valence electrons. The van der Waals surface area contributed by atoms with Crippen LogP contribution in [-0.4, -0.2) is 0 Å². The van der Waals surface area contributed by atoms with Gasteiger partial charge in [0.15, 0.2) is 0 Å². The summed E-state index contributed by atoms with van der Waals surface area (Å²) in [6.45, 7) is 2.60. The lowest BCUT2D eigenvalue weighted by molar-refractivity contribution is -0.0256. The minimum atomic E-state index is 1.02. The fraction of sp³-hybridized carbons (Fsp3) is 0.913. The van der Waals surface area contributed by atoms with Crippen LogP contribution in [0.15, 0.2) is 12.2 Å². The van der Waals surface area contributed by atoms with Gasteiger partial charge < -0.3 is 0 Å².